The van der Waals surface area contributed by atoms with Crippen molar-refractivity contribution in [3.05, 3.63) is 18.2 Å². The molecule has 0 bridgehead atoms. The van der Waals surface area contributed by atoms with Crippen LogP contribution in [0.5, 0.6) is 0 Å². The standard InChI is InChI=1S/C45H76N14O12/c1-9-25(8)34(46)41(67)54-28(16-22(2)3)39(65)53-27(12-10-14-50-45(47)48)38(64)56-30(18-33(61)62)43(69)59-15-11-13-31(59)40(66)58-35(23(4)5)42(68)55-29(17-26-19-49-21-52-26)37(63)51-20-32(60)57-36(24(6)7)44(70)71/h19,21-25,27-31,34-36H,9-18,20,46H2,1-8H3,(H,49,52)(H,51,63)(H,53,65)(H,54,67)(H,55,68)(H,56,64)(H,57,60)(H,58,66)(H,61,62)(H,70,71)(H4,47,48,50)/t25-,27-,28-,29-,30-,31-,34-,35-,36-/m0/s1. The van der Waals surface area contributed by atoms with Crippen LogP contribution in [0.3, 0.4) is 0 Å². The predicted molar refractivity (Wildman–Crippen MR) is 258 cm³/mol. The van der Waals surface area contributed by atoms with E-state index < -0.39 is 132 Å². The Morgan fingerprint density at radius 2 is 1.39 bits per heavy atom. The lowest BCUT2D eigenvalue weighted by molar-refractivity contribution is -0.146. The first-order chi connectivity index (χ1) is 33.3. The number of nitrogens with two attached hydrogens (primary N) is 3. The number of amides is 8. The zero-order valence-electron chi connectivity index (χ0n) is 41.9. The number of nitrogens with one attached hydrogen (secondary N) is 8. The monoisotopic (exact) mass is 1000 g/mol. The molecule has 0 aromatic carbocycles. The van der Waals surface area contributed by atoms with E-state index in [1.165, 1.54) is 12.5 Å². The second-order valence-corrected chi connectivity index (χ2v) is 18.9. The average Bonchev–Trinajstić information content (AvgIpc) is 4.01. The molecule has 0 spiro atoms. The van der Waals surface area contributed by atoms with Crippen LogP contribution in [-0.4, -0.2) is 158 Å². The summed E-state index contributed by atoms with van der Waals surface area (Å²) in [6.45, 7) is 13.1. The number of aromatic amines is 1. The van der Waals surface area contributed by atoms with Gasteiger partial charge in [0.15, 0.2) is 5.96 Å². The Kier molecular flexibility index (Phi) is 24.9. The number of carboxylic acid groups (broad SMARTS) is 2. The van der Waals surface area contributed by atoms with Crippen LogP contribution in [0.4, 0.5) is 0 Å². The number of aliphatic carboxylic acids is 2. The molecule has 0 aliphatic carbocycles. The van der Waals surface area contributed by atoms with E-state index in [2.05, 4.69) is 52.2 Å². The summed E-state index contributed by atoms with van der Waals surface area (Å²) in [6.07, 6.45) is 2.92. The van der Waals surface area contributed by atoms with Crippen molar-refractivity contribution in [2.24, 2.45) is 45.9 Å². The fraction of sp³-hybridized carbons (Fsp3) is 0.689. The van der Waals surface area contributed by atoms with Crippen molar-refractivity contribution < 1.29 is 58.2 Å². The van der Waals surface area contributed by atoms with Gasteiger partial charge in [-0.05, 0) is 55.8 Å². The number of hydrogen-bond donors (Lipinski definition) is 13. The molecule has 0 radical (unpaired) electrons. The maximum absolute atomic E-state index is 14.3. The molecule has 26 nitrogen and oxygen atoms in total. The average molecular weight is 1010 g/mol. The van der Waals surface area contributed by atoms with Crippen molar-refractivity contribution >= 4 is 65.2 Å². The number of imidazole rings is 1. The van der Waals surface area contributed by atoms with Crippen LogP contribution in [0, 0.1) is 23.7 Å². The summed E-state index contributed by atoms with van der Waals surface area (Å²) in [6, 6.07) is -10.2. The number of H-pyrrole nitrogens is 1. The van der Waals surface area contributed by atoms with Crippen molar-refractivity contribution in [3.63, 3.8) is 0 Å². The van der Waals surface area contributed by atoms with E-state index in [4.69, 9.17) is 17.2 Å². The number of likely N-dealkylation sites (tertiary alicyclic amines) is 1. The summed E-state index contributed by atoms with van der Waals surface area (Å²) in [4.78, 5) is 145. The number of carboxylic acids is 2. The van der Waals surface area contributed by atoms with E-state index in [0.717, 1.165) is 4.90 Å². The third kappa shape index (κ3) is 20.2. The number of aliphatic imine (C=N–C) groups is 1. The fourth-order valence-electron chi connectivity index (χ4n) is 7.58. The Labute approximate surface area is 413 Å². The number of nitrogens with zero attached hydrogens (tertiary/aromatic N) is 3. The smallest absolute Gasteiger partial charge is 0.326 e. The minimum absolute atomic E-state index is 0.0279. The van der Waals surface area contributed by atoms with Gasteiger partial charge in [-0.25, -0.2) is 9.78 Å². The van der Waals surface area contributed by atoms with Crippen LogP contribution < -0.4 is 54.4 Å². The maximum Gasteiger partial charge on any atom is 0.326 e. The van der Waals surface area contributed by atoms with Crippen LogP contribution >= 0.6 is 0 Å². The lowest BCUT2D eigenvalue weighted by Gasteiger charge is -2.31. The van der Waals surface area contributed by atoms with E-state index in [9.17, 15) is 58.2 Å². The highest BCUT2D eigenvalue weighted by Crippen LogP contribution is 2.21. The summed E-state index contributed by atoms with van der Waals surface area (Å²) < 4.78 is 0. The van der Waals surface area contributed by atoms with Crippen LogP contribution in [0.2, 0.25) is 0 Å². The fourth-order valence-corrected chi connectivity index (χ4v) is 7.58. The maximum atomic E-state index is 14.3. The Morgan fingerprint density at radius 1 is 0.789 bits per heavy atom. The number of aromatic nitrogens is 2. The largest absolute Gasteiger partial charge is 0.481 e. The van der Waals surface area contributed by atoms with Crippen molar-refractivity contribution in [1.29, 1.82) is 0 Å². The second-order valence-electron chi connectivity index (χ2n) is 18.9. The zero-order chi connectivity index (χ0) is 53.7. The SMILES string of the molecule is CC[C@H](C)[C@H](N)C(=O)N[C@@H](CC(C)C)C(=O)N[C@@H](CCCN=C(N)N)C(=O)N[C@@H](CC(=O)O)C(=O)N1CCC[C@H]1C(=O)N[C@H](C(=O)N[C@@H](Cc1cnc[nH]1)C(=O)NCC(=O)N[C@H](C(=O)O)C(C)C)C(C)C. The van der Waals surface area contributed by atoms with Crippen LogP contribution in [-0.2, 0) is 54.4 Å². The molecular formula is C45H76N14O12. The summed E-state index contributed by atoms with van der Waals surface area (Å²) in [5, 5.41) is 37.1. The molecule has 0 saturated carbocycles. The first kappa shape index (κ1) is 60.3. The molecule has 1 aromatic rings. The molecule has 1 saturated heterocycles. The highest BCUT2D eigenvalue weighted by molar-refractivity contribution is 5.99. The molecule has 16 N–H and O–H groups in total. The molecule has 1 fully saturated rings. The molecule has 9 atom stereocenters. The van der Waals surface area contributed by atoms with Gasteiger partial charge in [-0.1, -0.05) is 61.8 Å². The molecule has 71 heavy (non-hydrogen) atoms. The molecule has 398 valence electrons. The van der Waals surface area contributed by atoms with E-state index in [1.807, 2.05) is 20.8 Å². The second kappa shape index (κ2) is 29.4. The number of carbonyl (C=O) groups excluding carboxylic acids is 8. The molecule has 26 heteroatoms. The van der Waals surface area contributed by atoms with Gasteiger partial charge in [0.05, 0.1) is 25.3 Å². The summed E-state index contributed by atoms with van der Waals surface area (Å²) in [5.74, 6) is -10.7. The highest BCUT2D eigenvalue weighted by Gasteiger charge is 2.41. The Hall–Kier alpha value is -6.86. The van der Waals surface area contributed by atoms with E-state index >= 15 is 0 Å². The van der Waals surface area contributed by atoms with Gasteiger partial charge in [0, 0.05) is 31.4 Å². The predicted octanol–water partition coefficient (Wildman–Crippen LogP) is -2.69. The first-order valence-corrected chi connectivity index (χ1v) is 23.9. The van der Waals surface area contributed by atoms with Crippen molar-refractivity contribution in [2.75, 3.05) is 19.6 Å². The number of carbonyl (C=O) groups is 10. The molecule has 2 heterocycles. The number of guanidine groups is 1. The van der Waals surface area contributed by atoms with Gasteiger partial charge in [0.25, 0.3) is 0 Å². The van der Waals surface area contributed by atoms with E-state index in [-0.39, 0.29) is 69.4 Å². The van der Waals surface area contributed by atoms with E-state index in [0.29, 0.717) is 12.1 Å². The third-order valence-electron chi connectivity index (χ3n) is 11.8. The van der Waals surface area contributed by atoms with Crippen molar-refractivity contribution in [2.45, 2.75) is 155 Å². The molecule has 1 aliphatic heterocycles. The van der Waals surface area contributed by atoms with Crippen LogP contribution in [0.1, 0.15) is 106 Å². The van der Waals surface area contributed by atoms with Gasteiger partial charge >= 0.3 is 11.9 Å². The number of hydrogen-bond acceptors (Lipinski definition) is 13. The topological polar surface area (TPSA) is 418 Å². The van der Waals surface area contributed by atoms with Gasteiger partial charge in [-0.2, -0.15) is 0 Å². The van der Waals surface area contributed by atoms with Gasteiger partial charge in [0.2, 0.25) is 47.3 Å². The minimum Gasteiger partial charge on any atom is -0.481 e. The summed E-state index contributed by atoms with van der Waals surface area (Å²) in [5.41, 5.74) is 17.5. The molecule has 1 aromatic heterocycles. The lowest BCUT2D eigenvalue weighted by atomic mass is 9.97. The Morgan fingerprint density at radius 3 is 1.94 bits per heavy atom. The summed E-state index contributed by atoms with van der Waals surface area (Å²) in [7, 11) is 0. The summed E-state index contributed by atoms with van der Waals surface area (Å²) >= 11 is 0. The molecule has 1 aliphatic rings. The number of rotatable bonds is 30. The molecular weight excluding hydrogens is 929 g/mol. The van der Waals surface area contributed by atoms with Gasteiger partial charge in [-0.15, -0.1) is 0 Å². The van der Waals surface area contributed by atoms with Crippen LogP contribution in [0.25, 0.3) is 0 Å². The normalized spacial score (nSPS) is 16.8. The highest BCUT2D eigenvalue weighted by atomic mass is 16.4. The van der Waals surface area contributed by atoms with Gasteiger partial charge < -0.3 is 74.5 Å². The van der Waals surface area contributed by atoms with Gasteiger partial charge in [0.1, 0.15) is 42.3 Å². The zero-order valence-corrected chi connectivity index (χ0v) is 41.9. The third-order valence-corrected chi connectivity index (χ3v) is 11.8. The van der Waals surface area contributed by atoms with Gasteiger partial charge in [-0.3, -0.25) is 48.1 Å². The van der Waals surface area contributed by atoms with Crippen molar-refractivity contribution in [1.82, 2.24) is 52.1 Å². The Bertz CT molecular complexity index is 2030. The van der Waals surface area contributed by atoms with Crippen molar-refractivity contribution in [3.8, 4) is 0 Å². The molecule has 8 amide bonds. The molecule has 0 unspecified atom stereocenters. The molecule has 2 rings (SSSR count). The minimum atomic E-state index is -1.74. The lowest BCUT2D eigenvalue weighted by Crippen LogP contribution is -2.60. The van der Waals surface area contributed by atoms with Crippen LogP contribution in [0.15, 0.2) is 17.5 Å². The van der Waals surface area contributed by atoms with E-state index in [1.54, 1.807) is 34.6 Å². The quantitative estimate of drug-likeness (QED) is 0.0212. The first-order valence-electron chi connectivity index (χ1n) is 23.9. The Balaban J connectivity index is 2.34.